The molecule has 0 bridgehead atoms. The van der Waals surface area contributed by atoms with Gasteiger partial charge in [-0.25, -0.2) is 4.98 Å². The SMILES string of the molecule is Cc1ocnc1C(=O)NCCCC(C)C. The highest BCUT2D eigenvalue weighted by atomic mass is 16.3. The van der Waals surface area contributed by atoms with Crippen LogP contribution in [0.5, 0.6) is 0 Å². The van der Waals surface area contributed by atoms with Crippen molar-refractivity contribution in [2.24, 2.45) is 5.92 Å². The van der Waals surface area contributed by atoms with Gasteiger partial charge in [0.15, 0.2) is 12.1 Å². The third kappa shape index (κ3) is 3.73. The average Bonchev–Trinajstić information content (AvgIpc) is 2.58. The number of rotatable bonds is 5. The van der Waals surface area contributed by atoms with Crippen LogP contribution in [-0.4, -0.2) is 17.4 Å². The molecule has 0 aliphatic carbocycles. The van der Waals surface area contributed by atoms with E-state index in [1.165, 1.54) is 6.39 Å². The van der Waals surface area contributed by atoms with Gasteiger partial charge in [-0.1, -0.05) is 13.8 Å². The molecule has 1 rings (SSSR count). The molecule has 15 heavy (non-hydrogen) atoms. The zero-order valence-electron chi connectivity index (χ0n) is 9.54. The van der Waals surface area contributed by atoms with Crippen LogP contribution in [-0.2, 0) is 0 Å². The van der Waals surface area contributed by atoms with Crippen molar-refractivity contribution in [2.75, 3.05) is 6.54 Å². The minimum absolute atomic E-state index is 0.148. The highest BCUT2D eigenvalue weighted by Gasteiger charge is 2.12. The number of hydrogen-bond donors (Lipinski definition) is 1. The van der Waals surface area contributed by atoms with Crippen molar-refractivity contribution in [3.63, 3.8) is 0 Å². The normalized spacial score (nSPS) is 10.7. The number of amides is 1. The number of aryl methyl sites for hydroxylation is 1. The van der Waals surface area contributed by atoms with Gasteiger partial charge in [-0.3, -0.25) is 4.79 Å². The highest BCUT2D eigenvalue weighted by molar-refractivity contribution is 5.92. The van der Waals surface area contributed by atoms with Crippen LogP contribution in [0.3, 0.4) is 0 Å². The van der Waals surface area contributed by atoms with Crippen molar-refractivity contribution in [1.29, 1.82) is 0 Å². The molecule has 0 unspecified atom stereocenters. The van der Waals surface area contributed by atoms with Gasteiger partial charge < -0.3 is 9.73 Å². The van der Waals surface area contributed by atoms with E-state index in [0.717, 1.165) is 12.8 Å². The molecule has 4 heteroatoms. The Labute approximate surface area is 90.1 Å². The fourth-order valence-corrected chi connectivity index (χ4v) is 1.32. The van der Waals surface area contributed by atoms with Crippen molar-refractivity contribution in [2.45, 2.75) is 33.6 Å². The van der Waals surface area contributed by atoms with Gasteiger partial charge in [0.05, 0.1) is 0 Å². The van der Waals surface area contributed by atoms with E-state index in [-0.39, 0.29) is 5.91 Å². The van der Waals surface area contributed by atoms with Crippen molar-refractivity contribution in [1.82, 2.24) is 10.3 Å². The standard InChI is InChI=1S/C11H18N2O2/c1-8(2)5-4-6-12-11(14)10-9(3)15-7-13-10/h7-8H,4-6H2,1-3H3,(H,12,14). The minimum atomic E-state index is -0.148. The first-order valence-corrected chi connectivity index (χ1v) is 5.29. The first-order chi connectivity index (χ1) is 7.11. The Morgan fingerprint density at radius 3 is 2.87 bits per heavy atom. The smallest absolute Gasteiger partial charge is 0.273 e. The second-order valence-electron chi connectivity index (χ2n) is 4.05. The highest BCUT2D eigenvalue weighted by Crippen LogP contribution is 2.05. The predicted molar refractivity (Wildman–Crippen MR) is 57.6 cm³/mol. The van der Waals surface area contributed by atoms with Gasteiger partial charge in [-0.15, -0.1) is 0 Å². The molecule has 0 aromatic carbocycles. The lowest BCUT2D eigenvalue weighted by Gasteiger charge is -2.05. The largest absolute Gasteiger partial charge is 0.448 e. The Bertz CT molecular complexity index is 318. The molecule has 0 radical (unpaired) electrons. The average molecular weight is 210 g/mol. The summed E-state index contributed by atoms with van der Waals surface area (Å²) in [5, 5.41) is 2.82. The van der Waals surface area contributed by atoms with E-state index in [9.17, 15) is 4.79 Å². The molecule has 1 heterocycles. The number of aromatic nitrogens is 1. The predicted octanol–water partition coefficient (Wildman–Crippen LogP) is 2.15. The molecular formula is C11H18N2O2. The molecule has 0 aliphatic heterocycles. The monoisotopic (exact) mass is 210 g/mol. The lowest BCUT2D eigenvalue weighted by atomic mass is 10.1. The van der Waals surface area contributed by atoms with Crippen molar-refractivity contribution in [3.05, 3.63) is 17.8 Å². The maximum atomic E-state index is 11.5. The molecule has 0 aliphatic rings. The fraction of sp³-hybridized carbons (Fsp3) is 0.636. The van der Waals surface area contributed by atoms with Gasteiger partial charge in [0.2, 0.25) is 0 Å². The Morgan fingerprint density at radius 2 is 2.33 bits per heavy atom. The van der Waals surface area contributed by atoms with E-state index in [1.54, 1.807) is 6.92 Å². The molecule has 1 aromatic heterocycles. The number of hydrogen-bond acceptors (Lipinski definition) is 3. The van der Waals surface area contributed by atoms with E-state index < -0.39 is 0 Å². The number of nitrogens with zero attached hydrogens (tertiary/aromatic N) is 1. The zero-order valence-corrected chi connectivity index (χ0v) is 9.54. The summed E-state index contributed by atoms with van der Waals surface area (Å²) in [7, 11) is 0. The quantitative estimate of drug-likeness (QED) is 0.757. The van der Waals surface area contributed by atoms with E-state index in [1.807, 2.05) is 0 Å². The first-order valence-electron chi connectivity index (χ1n) is 5.29. The fourth-order valence-electron chi connectivity index (χ4n) is 1.32. The third-order valence-corrected chi connectivity index (χ3v) is 2.20. The molecule has 84 valence electrons. The van der Waals surface area contributed by atoms with E-state index in [0.29, 0.717) is 23.9 Å². The van der Waals surface area contributed by atoms with E-state index in [2.05, 4.69) is 24.1 Å². The third-order valence-electron chi connectivity index (χ3n) is 2.20. The van der Waals surface area contributed by atoms with Gasteiger partial charge in [-0.2, -0.15) is 0 Å². The van der Waals surface area contributed by atoms with Crippen molar-refractivity contribution < 1.29 is 9.21 Å². The minimum Gasteiger partial charge on any atom is -0.448 e. The lowest BCUT2D eigenvalue weighted by molar-refractivity contribution is 0.0946. The summed E-state index contributed by atoms with van der Waals surface area (Å²) >= 11 is 0. The molecule has 0 saturated carbocycles. The molecule has 0 spiro atoms. The number of oxazole rings is 1. The summed E-state index contributed by atoms with van der Waals surface area (Å²) < 4.78 is 4.96. The van der Waals surface area contributed by atoms with E-state index in [4.69, 9.17) is 4.42 Å². The van der Waals surface area contributed by atoms with Gasteiger partial charge in [0.1, 0.15) is 5.76 Å². The maximum absolute atomic E-state index is 11.5. The zero-order chi connectivity index (χ0) is 11.3. The van der Waals surface area contributed by atoms with Gasteiger partial charge in [-0.05, 0) is 25.7 Å². The van der Waals surface area contributed by atoms with Crippen LogP contribution in [0.15, 0.2) is 10.8 Å². The van der Waals surface area contributed by atoms with Crippen LogP contribution >= 0.6 is 0 Å². The van der Waals surface area contributed by atoms with Crippen molar-refractivity contribution in [3.8, 4) is 0 Å². The van der Waals surface area contributed by atoms with Crippen molar-refractivity contribution >= 4 is 5.91 Å². The summed E-state index contributed by atoms with van der Waals surface area (Å²) in [6.07, 6.45) is 3.41. The molecule has 0 fully saturated rings. The molecule has 1 N–H and O–H groups in total. The topological polar surface area (TPSA) is 55.1 Å². The van der Waals surface area contributed by atoms with Crippen LogP contribution in [0.25, 0.3) is 0 Å². The van der Waals surface area contributed by atoms with Crippen LogP contribution in [0, 0.1) is 12.8 Å². The molecule has 4 nitrogen and oxygen atoms in total. The molecule has 1 aromatic rings. The Morgan fingerprint density at radius 1 is 1.60 bits per heavy atom. The molecule has 0 saturated heterocycles. The molecular weight excluding hydrogens is 192 g/mol. The van der Waals surface area contributed by atoms with Crippen LogP contribution < -0.4 is 5.32 Å². The van der Waals surface area contributed by atoms with Crippen LogP contribution in [0.4, 0.5) is 0 Å². The molecule has 1 amide bonds. The van der Waals surface area contributed by atoms with Crippen LogP contribution in [0.1, 0.15) is 42.9 Å². The summed E-state index contributed by atoms with van der Waals surface area (Å²) in [6, 6.07) is 0. The first kappa shape index (κ1) is 11.8. The number of nitrogens with one attached hydrogen (secondary N) is 1. The van der Waals surface area contributed by atoms with Gasteiger partial charge >= 0.3 is 0 Å². The number of carbonyl (C=O) groups is 1. The maximum Gasteiger partial charge on any atom is 0.273 e. The van der Waals surface area contributed by atoms with Gasteiger partial charge in [0.25, 0.3) is 5.91 Å². The summed E-state index contributed by atoms with van der Waals surface area (Å²) in [4.78, 5) is 15.4. The lowest BCUT2D eigenvalue weighted by Crippen LogP contribution is -2.25. The summed E-state index contributed by atoms with van der Waals surface area (Å²) in [6.45, 7) is 6.77. The number of carbonyl (C=O) groups excluding carboxylic acids is 1. The Kier molecular flexibility index (Phi) is 4.34. The Balaban J connectivity index is 2.28. The van der Waals surface area contributed by atoms with Crippen LogP contribution in [0.2, 0.25) is 0 Å². The van der Waals surface area contributed by atoms with Gasteiger partial charge in [0, 0.05) is 6.54 Å². The molecule has 0 atom stereocenters. The van der Waals surface area contributed by atoms with E-state index >= 15 is 0 Å². The Hall–Kier alpha value is -1.32. The second-order valence-corrected chi connectivity index (χ2v) is 4.05. The summed E-state index contributed by atoms with van der Waals surface area (Å²) in [5.41, 5.74) is 0.388. The second kappa shape index (κ2) is 5.53. The summed E-state index contributed by atoms with van der Waals surface area (Å²) in [5.74, 6) is 1.09.